The van der Waals surface area contributed by atoms with Crippen molar-refractivity contribution in [2.75, 3.05) is 11.5 Å². The zero-order chi connectivity index (χ0) is 16.4. The van der Waals surface area contributed by atoms with Gasteiger partial charge in [0, 0.05) is 10.9 Å². The number of carbonyl (C=O) groups is 2. The highest BCUT2D eigenvalue weighted by Crippen LogP contribution is 2.37. The number of imide groups is 1. The Bertz CT molecular complexity index is 783. The molecule has 3 rings (SSSR count). The quantitative estimate of drug-likeness (QED) is 0.766. The van der Waals surface area contributed by atoms with Gasteiger partial charge < -0.3 is 4.74 Å². The molecule has 118 valence electrons. The lowest BCUT2D eigenvalue weighted by Gasteiger charge is -2.16. The van der Waals surface area contributed by atoms with Crippen LogP contribution < -0.4 is 9.64 Å². The van der Waals surface area contributed by atoms with E-state index in [2.05, 4.69) is 0 Å². The molecule has 0 aliphatic carbocycles. The molecule has 2 aromatic rings. The average molecular weight is 348 g/mol. The van der Waals surface area contributed by atoms with Gasteiger partial charge in [-0.25, -0.2) is 4.90 Å². The molecule has 1 aliphatic rings. The predicted molar refractivity (Wildman–Crippen MR) is 91.8 cm³/mol. The lowest BCUT2D eigenvalue weighted by Crippen LogP contribution is -2.31. The molecular weight excluding hydrogens is 334 g/mol. The lowest BCUT2D eigenvalue weighted by molar-refractivity contribution is -0.119. The summed E-state index contributed by atoms with van der Waals surface area (Å²) in [7, 11) is 0. The summed E-state index contributed by atoms with van der Waals surface area (Å²) in [6.45, 7) is 2.58. The van der Waals surface area contributed by atoms with Crippen molar-refractivity contribution >= 4 is 46.0 Å². The molecule has 2 amide bonds. The number of anilines is 1. The SMILES string of the molecule is CCCOc1cccc(N2C(=O)C(Cl)=C(c3cccs3)C2=O)c1. The molecule has 0 unspecified atom stereocenters. The number of thiophene rings is 1. The molecule has 1 aromatic heterocycles. The van der Waals surface area contributed by atoms with Crippen LogP contribution in [0.5, 0.6) is 5.75 Å². The van der Waals surface area contributed by atoms with E-state index in [1.54, 1.807) is 30.3 Å². The topological polar surface area (TPSA) is 46.6 Å². The molecule has 0 N–H and O–H groups in total. The molecule has 0 fully saturated rings. The Morgan fingerprint density at radius 3 is 2.70 bits per heavy atom. The first-order chi connectivity index (χ1) is 11.1. The third kappa shape index (κ3) is 2.90. The minimum atomic E-state index is -0.507. The van der Waals surface area contributed by atoms with Gasteiger partial charge >= 0.3 is 0 Å². The Balaban J connectivity index is 1.94. The van der Waals surface area contributed by atoms with Crippen molar-refractivity contribution in [1.29, 1.82) is 0 Å². The summed E-state index contributed by atoms with van der Waals surface area (Å²) in [5, 5.41) is 1.80. The van der Waals surface area contributed by atoms with E-state index < -0.39 is 11.8 Å². The van der Waals surface area contributed by atoms with Crippen LogP contribution in [0.4, 0.5) is 5.69 Å². The Kier molecular flexibility index (Phi) is 4.50. The molecule has 1 aliphatic heterocycles. The maximum atomic E-state index is 12.7. The molecule has 2 heterocycles. The first kappa shape index (κ1) is 15.8. The minimum absolute atomic E-state index is 0.0441. The summed E-state index contributed by atoms with van der Waals surface area (Å²) in [4.78, 5) is 26.9. The fourth-order valence-corrected chi connectivity index (χ4v) is 3.40. The van der Waals surface area contributed by atoms with Gasteiger partial charge in [0.05, 0.1) is 17.9 Å². The third-order valence-electron chi connectivity index (χ3n) is 3.34. The van der Waals surface area contributed by atoms with Crippen LogP contribution in [0, 0.1) is 0 Å². The smallest absolute Gasteiger partial charge is 0.277 e. The molecule has 0 atom stereocenters. The molecule has 0 saturated carbocycles. The Morgan fingerprint density at radius 2 is 2.00 bits per heavy atom. The van der Waals surface area contributed by atoms with Crippen LogP contribution in [0.1, 0.15) is 18.2 Å². The van der Waals surface area contributed by atoms with Crippen LogP contribution >= 0.6 is 22.9 Å². The van der Waals surface area contributed by atoms with Crippen LogP contribution in [0.15, 0.2) is 46.8 Å². The molecule has 1 aromatic carbocycles. The first-order valence-corrected chi connectivity index (χ1v) is 8.44. The number of nitrogens with zero attached hydrogens (tertiary/aromatic N) is 1. The number of carbonyl (C=O) groups excluding carboxylic acids is 2. The zero-order valence-electron chi connectivity index (χ0n) is 12.4. The Morgan fingerprint density at radius 1 is 1.17 bits per heavy atom. The highest BCUT2D eigenvalue weighted by Gasteiger charge is 2.39. The summed E-state index contributed by atoms with van der Waals surface area (Å²) in [6, 6.07) is 10.5. The summed E-state index contributed by atoms with van der Waals surface area (Å²) in [5.74, 6) is -0.298. The van der Waals surface area contributed by atoms with E-state index in [1.807, 2.05) is 18.4 Å². The minimum Gasteiger partial charge on any atom is -0.494 e. The van der Waals surface area contributed by atoms with Crippen molar-refractivity contribution in [3.05, 3.63) is 51.7 Å². The van der Waals surface area contributed by atoms with E-state index in [1.165, 1.54) is 11.3 Å². The van der Waals surface area contributed by atoms with Crippen molar-refractivity contribution in [1.82, 2.24) is 0 Å². The van der Waals surface area contributed by atoms with Gasteiger partial charge in [0.2, 0.25) is 0 Å². The van der Waals surface area contributed by atoms with E-state index in [-0.39, 0.29) is 10.6 Å². The fraction of sp³-hybridized carbons (Fsp3) is 0.176. The average Bonchev–Trinajstić information content (AvgIpc) is 3.14. The van der Waals surface area contributed by atoms with Gasteiger partial charge in [-0.3, -0.25) is 9.59 Å². The van der Waals surface area contributed by atoms with Crippen molar-refractivity contribution in [2.45, 2.75) is 13.3 Å². The van der Waals surface area contributed by atoms with Crippen LogP contribution in [-0.2, 0) is 9.59 Å². The maximum absolute atomic E-state index is 12.7. The normalized spacial score (nSPS) is 14.8. The standard InChI is InChI=1S/C17H14ClNO3S/c1-2-8-22-12-6-3-5-11(10-12)19-16(20)14(15(18)17(19)21)13-7-4-9-23-13/h3-7,9-10H,2,8H2,1H3. The second kappa shape index (κ2) is 6.56. The highest BCUT2D eigenvalue weighted by atomic mass is 35.5. The molecule has 0 spiro atoms. The van der Waals surface area contributed by atoms with Crippen molar-refractivity contribution < 1.29 is 14.3 Å². The van der Waals surface area contributed by atoms with Gasteiger partial charge in [-0.15, -0.1) is 11.3 Å². The second-order valence-corrected chi connectivity index (χ2v) is 6.28. The zero-order valence-corrected chi connectivity index (χ0v) is 14.0. The third-order valence-corrected chi connectivity index (χ3v) is 4.58. The predicted octanol–water partition coefficient (Wildman–Crippen LogP) is 4.06. The van der Waals surface area contributed by atoms with E-state index >= 15 is 0 Å². The van der Waals surface area contributed by atoms with Crippen LogP contribution in [0.2, 0.25) is 0 Å². The fourth-order valence-electron chi connectivity index (χ4n) is 2.30. The molecule has 0 saturated heterocycles. The van der Waals surface area contributed by atoms with Gasteiger partial charge in [0.1, 0.15) is 10.8 Å². The van der Waals surface area contributed by atoms with Gasteiger partial charge in [-0.05, 0) is 30.0 Å². The number of halogens is 1. The van der Waals surface area contributed by atoms with Crippen molar-refractivity contribution in [3.8, 4) is 5.75 Å². The molecule has 6 heteroatoms. The van der Waals surface area contributed by atoms with Crippen LogP contribution in [-0.4, -0.2) is 18.4 Å². The van der Waals surface area contributed by atoms with E-state index in [4.69, 9.17) is 16.3 Å². The summed E-state index contributed by atoms with van der Waals surface area (Å²) in [5.41, 5.74) is 0.713. The van der Waals surface area contributed by atoms with Gasteiger partial charge in [0.15, 0.2) is 0 Å². The Hall–Kier alpha value is -2.11. The lowest BCUT2D eigenvalue weighted by atomic mass is 10.2. The monoisotopic (exact) mass is 347 g/mol. The van der Waals surface area contributed by atoms with Gasteiger partial charge in [-0.1, -0.05) is 30.7 Å². The number of amides is 2. The Labute approximate surface area is 142 Å². The summed E-state index contributed by atoms with van der Waals surface area (Å²) in [6.07, 6.45) is 0.877. The molecule has 4 nitrogen and oxygen atoms in total. The van der Waals surface area contributed by atoms with Crippen molar-refractivity contribution in [2.24, 2.45) is 0 Å². The highest BCUT2D eigenvalue weighted by molar-refractivity contribution is 7.11. The van der Waals surface area contributed by atoms with Crippen LogP contribution in [0.3, 0.4) is 0 Å². The number of hydrogen-bond acceptors (Lipinski definition) is 4. The largest absolute Gasteiger partial charge is 0.494 e. The van der Waals surface area contributed by atoms with Crippen LogP contribution in [0.25, 0.3) is 5.57 Å². The number of benzene rings is 1. The summed E-state index contributed by atoms with van der Waals surface area (Å²) >= 11 is 7.50. The second-order valence-electron chi connectivity index (χ2n) is 4.96. The maximum Gasteiger partial charge on any atom is 0.277 e. The molecule has 23 heavy (non-hydrogen) atoms. The first-order valence-electron chi connectivity index (χ1n) is 7.18. The number of rotatable bonds is 5. The van der Waals surface area contributed by atoms with E-state index in [9.17, 15) is 9.59 Å². The molecular formula is C17H14ClNO3S. The number of hydrogen-bond donors (Lipinski definition) is 0. The molecule has 0 bridgehead atoms. The number of ether oxygens (including phenoxy) is 1. The van der Waals surface area contributed by atoms with Gasteiger partial charge in [-0.2, -0.15) is 0 Å². The molecule has 0 radical (unpaired) electrons. The summed E-state index contributed by atoms with van der Waals surface area (Å²) < 4.78 is 5.56. The van der Waals surface area contributed by atoms with Gasteiger partial charge in [0.25, 0.3) is 11.8 Å². The van der Waals surface area contributed by atoms with Crippen molar-refractivity contribution in [3.63, 3.8) is 0 Å². The van der Waals surface area contributed by atoms with E-state index in [0.29, 0.717) is 22.9 Å². The van der Waals surface area contributed by atoms with E-state index in [0.717, 1.165) is 11.3 Å².